The van der Waals surface area contributed by atoms with Gasteiger partial charge in [-0.25, -0.2) is 9.97 Å². The summed E-state index contributed by atoms with van der Waals surface area (Å²) in [4.78, 5) is 21.2. The summed E-state index contributed by atoms with van der Waals surface area (Å²) in [6.07, 6.45) is 0.654. The molecular formula is C15H21ClN4O. The highest BCUT2D eigenvalue weighted by molar-refractivity contribution is 6.17. The molecule has 0 bridgehead atoms. The van der Waals surface area contributed by atoms with E-state index in [0.717, 1.165) is 22.7 Å². The number of imidazole rings is 1. The molecule has 2 aromatic heterocycles. The van der Waals surface area contributed by atoms with Gasteiger partial charge in [0.25, 0.3) is 0 Å². The van der Waals surface area contributed by atoms with E-state index in [4.69, 9.17) is 11.6 Å². The fraction of sp³-hybridized carbons (Fsp3) is 0.533. The molecule has 0 spiro atoms. The van der Waals surface area contributed by atoms with Crippen molar-refractivity contribution in [3.8, 4) is 0 Å². The third kappa shape index (κ3) is 3.18. The van der Waals surface area contributed by atoms with Crippen LogP contribution in [0.5, 0.6) is 0 Å². The van der Waals surface area contributed by atoms with Gasteiger partial charge in [-0.1, -0.05) is 0 Å². The number of hydrogen-bond donors (Lipinski definition) is 1. The van der Waals surface area contributed by atoms with E-state index >= 15 is 0 Å². The number of carbonyl (C=O) groups excluding carboxylic acids is 1. The van der Waals surface area contributed by atoms with Gasteiger partial charge in [-0.15, -0.1) is 11.6 Å². The Morgan fingerprint density at radius 1 is 1.38 bits per heavy atom. The van der Waals surface area contributed by atoms with Crippen LogP contribution in [0.15, 0.2) is 12.1 Å². The second-order valence-corrected chi connectivity index (χ2v) is 6.19. The molecule has 0 radical (unpaired) electrons. The summed E-state index contributed by atoms with van der Waals surface area (Å²) < 4.78 is 2.01. The maximum absolute atomic E-state index is 12.0. The number of carbonyl (C=O) groups is 1. The number of fused-ring (bicyclic) bond motifs is 1. The first kappa shape index (κ1) is 15.8. The zero-order valence-corrected chi connectivity index (χ0v) is 13.7. The van der Waals surface area contributed by atoms with E-state index in [1.807, 2.05) is 37.5 Å². The van der Waals surface area contributed by atoms with E-state index in [1.165, 1.54) is 0 Å². The van der Waals surface area contributed by atoms with Crippen molar-refractivity contribution in [2.45, 2.75) is 33.7 Å². The fourth-order valence-electron chi connectivity index (χ4n) is 2.39. The number of amides is 1. The van der Waals surface area contributed by atoms with E-state index < -0.39 is 5.41 Å². The molecule has 1 N–H and O–H groups in total. The predicted molar refractivity (Wildman–Crippen MR) is 84.5 cm³/mol. The standard InChI is InChI=1S/C15H21ClN4O/c1-10-5-6-11-13(18-10)20(12(19-11)7-8-16)9-15(2,3)14(21)17-4/h5-6H,7-9H2,1-4H3,(H,17,21). The number of nitrogens with zero attached hydrogens (tertiary/aromatic N) is 3. The van der Waals surface area contributed by atoms with Gasteiger partial charge in [-0.05, 0) is 32.9 Å². The Morgan fingerprint density at radius 3 is 2.71 bits per heavy atom. The first-order chi connectivity index (χ1) is 9.89. The molecule has 5 nitrogen and oxygen atoms in total. The van der Waals surface area contributed by atoms with E-state index in [9.17, 15) is 4.79 Å². The second-order valence-electron chi connectivity index (χ2n) is 5.81. The lowest BCUT2D eigenvalue weighted by molar-refractivity contribution is -0.129. The molecule has 0 saturated heterocycles. The smallest absolute Gasteiger partial charge is 0.227 e. The third-order valence-electron chi connectivity index (χ3n) is 3.52. The van der Waals surface area contributed by atoms with Gasteiger partial charge in [0, 0.05) is 31.6 Å². The summed E-state index contributed by atoms with van der Waals surface area (Å²) in [6.45, 7) is 6.30. The minimum absolute atomic E-state index is 0.00572. The normalized spacial score (nSPS) is 11.9. The van der Waals surface area contributed by atoms with E-state index in [1.54, 1.807) is 7.05 Å². The van der Waals surface area contributed by atoms with Crippen LogP contribution < -0.4 is 5.32 Å². The van der Waals surface area contributed by atoms with Crippen molar-refractivity contribution in [1.29, 1.82) is 0 Å². The Hall–Kier alpha value is -1.62. The number of nitrogens with one attached hydrogen (secondary N) is 1. The summed E-state index contributed by atoms with van der Waals surface area (Å²) >= 11 is 5.87. The van der Waals surface area contributed by atoms with Gasteiger partial charge in [-0.2, -0.15) is 0 Å². The first-order valence-corrected chi connectivity index (χ1v) is 7.53. The second kappa shape index (κ2) is 6.02. The van der Waals surface area contributed by atoms with Crippen LogP contribution in [0.4, 0.5) is 0 Å². The molecule has 0 unspecified atom stereocenters. The SMILES string of the molecule is CNC(=O)C(C)(C)Cn1c(CCCl)nc2ccc(C)nc21. The molecule has 0 atom stereocenters. The van der Waals surface area contributed by atoms with Crippen molar-refractivity contribution in [2.24, 2.45) is 5.41 Å². The number of aryl methyl sites for hydroxylation is 2. The van der Waals surface area contributed by atoms with Crippen molar-refractivity contribution in [3.05, 3.63) is 23.7 Å². The maximum Gasteiger partial charge on any atom is 0.227 e. The average molecular weight is 309 g/mol. The lowest BCUT2D eigenvalue weighted by Crippen LogP contribution is -2.38. The summed E-state index contributed by atoms with van der Waals surface area (Å²) in [7, 11) is 1.65. The van der Waals surface area contributed by atoms with Crippen molar-refractivity contribution in [1.82, 2.24) is 19.9 Å². The average Bonchev–Trinajstić information content (AvgIpc) is 2.75. The Morgan fingerprint density at radius 2 is 2.10 bits per heavy atom. The van der Waals surface area contributed by atoms with Crippen molar-refractivity contribution >= 4 is 28.7 Å². The molecule has 1 amide bonds. The van der Waals surface area contributed by atoms with Crippen LogP contribution in [0.2, 0.25) is 0 Å². The molecule has 21 heavy (non-hydrogen) atoms. The number of alkyl halides is 1. The van der Waals surface area contributed by atoms with Crippen LogP contribution in [-0.4, -0.2) is 33.4 Å². The van der Waals surface area contributed by atoms with Crippen LogP contribution in [0.3, 0.4) is 0 Å². The summed E-state index contributed by atoms with van der Waals surface area (Å²) in [5.74, 6) is 1.35. The highest BCUT2D eigenvalue weighted by Gasteiger charge is 2.29. The zero-order valence-electron chi connectivity index (χ0n) is 12.9. The number of aromatic nitrogens is 3. The Kier molecular flexibility index (Phi) is 4.52. The largest absolute Gasteiger partial charge is 0.359 e. The lowest BCUT2D eigenvalue weighted by Gasteiger charge is -2.24. The third-order valence-corrected chi connectivity index (χ3v) is 3.71. The van der Waals surface area contributed by atoms with Gasteiger partial charge in [-0.3, -0.25) is 4.79 Å². The number of rotatable bonds is 5. The number of hydrogen-bond acceptors (Lipinski definition) is 3. The van der Waals surface area contributed by atoms with Gasteiger partial charge in [0.05, 0.1) is 5.41 Å². The van der Waals surface area contributed by atoms with Crippen LogP contribution >= 0.6 is 11.6 Å². The molecule has 0 aliphatic rings. The molecule has 0 fully saturated rings. The van der Waals surface area contributed by atoms with Crippen molar-refractivity contribution < 1.29 is 4.79 Å². The number of halogens is 1. The minimum atomic E-state index is -0.547. The molecule has 114 valence electrons. The molecule has 0 aromatic carbocycles. The highest BCUT2D eigenvalue weighted by atomic mass is 35.5. The Bertz CT molecular complexity index is 663. The minimum Gasteiger partial charge on any atom is -0.359 e. The molecule has 2 rings (SSSR count). The predicted octanol–water partition coefficient (Wildman–Crippen LogP) is 2.29. The maximum atomic E-state index is 12.0. The molecule has 2 aromatic rings. The van der Waals surface area contributed by atoms with Crippen LogP contribution in [0.1, 0.15) is 25.4 Å². The van der Waals surface area contributed by atoms with Crippen molar-refractivity contribution in [3.63, 3.8) is 0 Å². The van der Waals surface area contributed by atoms with E-state index in [-0.39, 0.29) is 5.91 Å². The summed E-state index contributed by atoms with van der Waals surface area (Å²) in [6, 6.07) is 3.90. The van der Waals surface area contributed by atoms with Crippen LogP contribution in [0.25, 0.3) is 11.2 Å². The molecule has 2 heterocycles. The number of pyridine rings is 1. The molecule has 0 aliphatic heterocycles. The lowest BCUT2D eigenvalue weighted by atomic mass is 9.92. The summed E-state index contributed by atoms with van der Waals surface area (Å²) in [5.41, 5.74) is 2.04. The topological polar surface area (TPSA) is 59.8 Å². The first-order valence-electron chi connectivity index (χ1n) is 7.00. The van der Waals surface area contributed by atoms with E-state index in [2.05, 4.69) is 15.3 Å². The summed E-state index contributed by atoms with van der Waals surface area (Å²) in [5, 5.41) is 2.71. The Balaban J connectivity index is 2.51. The van der Waals surface area contributed by atoms with Gasteiger partial charge < -0.3 is 9.88 Å². The highest BCUT2D eigenvalue weighted by Crippen LogP contribution is 2.24. The molecule has 0 saturated carbocycles. The fourth-order valence-corrected chi connectivity index (χ4v) is 2.56. The molecular weight excluding hydrogens is 288 g/mol. The molecule has 6 heteroatoms. The Labute approximate surface area is 129 Å². The van der Waals surface area contributed by atoms with Crippen LogP contribution in [-0.2, 0) is 17.8 Å². The van der Waals surface area contributed by atoms with E-state index in [0.29, 0.717) is 18.8 Å². The molecule has 0 aliphatic carbocycles. The van der Waals surface area contributed by atoms with Crippen molar-refractivity contribution in [2.75, 3.05) is 12.9 Å². The monoisotopic (exact) mass is 308 g/mol. The van der Waals surface area contributed by atoms with Crippen LogP contribution in [0, 0.1) is 12.3 Å². The van der Waals surface area contributed by atoms with Gasteiger partial charge >= 0.3 is 0 Å². The van der Waals surface area contributed by atoms with Gasteiger partial charge in [0.2, 0.25) is 5.91 Å². The zero-order chi connectivity index (χ0) is 15.6. The van der Waals surface area contributed by atoms with Gasteiger partial charge in [0.15, 0.2) is 5.65 Å². The quantitative estimate of drug-likeness (QED) is 0.862. The van der Waals surface area contributed by atoms with Gasteiger partial charge in [0.1, 0.15) is 11.3 Å².